The summed E-state index contributed by atoms with van der Waals surface area (Å²) in [5, 5.41) is 2.28. The van der Waals surface area contributed by atoms with Gasteiger partial charge in [-0.1, -0.05) is 0 Å². The molecule has 0 aliphatic rings. The second kappa shape index (κ2) is 5.54. The topological polar surface area (TPSA) is 64.6 Å². The number of amides is 1. The lowest BCUT2D eigenvalue weighted by atomic mass is 10.5. The molecule has 5 heteroatoms. The van der Waals surface area contributed by atoms with Gasteiger partial charge in [-0.05, 0) is 13.8 Å². The van der Waals surface area contributed by atoms with Gasteiger partial charge in [0.15, 0.2) is 0 Å². The molecular weight excluding hydrogens is 162 g/mol. The summed E-state index contributed by atoms with van der Waals surface area (Å²) in [4.78, 5) is 29.9. The Bertz CT molecular complexity index is 167. The summed E-state index contributed by atoms with van der Waals surface area (Å²) in [6, 6.07) is 0. The van der Waals surface area contributed by atoms with Gasteiger partial charge in [0.25, 0.3) is 0 Å². The molecule has 70 valence electrons. The molecular formula is C7H13NO4. The van der Waals surface area contributed by atoms with E-state index in [1.165, 1.54) is 6.92 Å². The van der Waals surface area contributed by atoms with Gasteiger partial charge in [0, 0.05) is 6.92 Å². The van der Waals surface area contributed by atoms with E-state index in [1.807, 2.05) is 0 Å². The summed E-state index contributed by atoms with van der Waals surface area (Å²) in [7, 11) is 0. The summed E-state index contributed by atoms with van der Waals surface area (Å²) in [5.74, 6) is -0.893. The summed E-state index contributed by atoms with van der Waals surface area (Å²) in [6.07, 6.45) is -0.175. The smallest absolute Gasteiger partial charge is 0.345 e. The molecule has 12 heavy (non-hydrogen) atoms. The Balaban J connectivity index is 3.40. The largest absolute Gasteiger partial charge is 0.361 e. The van der Waals surface area contributed by atoms with Crippen LogP contribution in [-0.4, -0.2) is 24.5 Å². The van der Waals surface area contributed by atoms with Crippen molar-refractivity contribution >= 4 is 11.9 Å². The van der Waals surface area contributed by atoms with Crippen LogP contribution in [0.5, 0.6) is 0 Å². The fourth-order valence-electron chi connectivity index (χ4n) is 0.376. The number of rotatable bonds is 4. The van der Waals surface area contributed by atoms with Gasteiger partial charge in [-0.25, -0.2) is 4.79 Å². The molecule has 0 fully saturated rings. The fraction of sp³-hybridized carbons (Fsp3) is 0.714. The standard InChI is InChI=1S/C7H13NO4/c1-5(2)11-12-7(10)4-8-6(3)9/h5H,4H2,1-3H3,(H,8,9). The SMILES string of the molecule is CC(=O)NCC(=O)OOC(C)C. The first-order chi connectivity index (χ1) is 5.52. The minimum atomic E-state index is -0.612. The van der Waals surface area contributed by atoms with E-state index in [2.05, 4.69) is 15.1 Å². The van der Waals surface area contributed by atoms with Crippen LogP contribution < -0.4 is 5.32 Å². The number of nitrogens with one attached hydrogen (secondary N) is 1. The quantitative estimate of drug-likeness (QED) is 0.482. The number of carbonyl (C=O) groups excluding carboxylic acids is 2. The maximum Gasteiger partial charge on any atom is 0.361 e. The van der Waals surface area contributed by atoms with Gasteiger partial charge in [-0.3, -0.25) is 9.68 Å². The molecule has 0 saturated carbocycles. The van der Waals surface area contributed by atoms with Crippen molar-refractivity contribution in [2.75, 3.05) is 6.54 Å². The van der Waals surface area contributed by atoms with E-state index in [9.17, 15) is 9.59 Å². The highest BCUT2D eigenvalue weighted by Gasteiger charge is 2.05. The molecule has 0 spiro atoms. The number of carbonyl (C=O) groups is 2. The highest BCUT2D eigenvalue weighted by molar-refractivity contribution is 5.79. The lowest BCUT2D eigenvalue weighted by Gasteiger charge is -2.05. The van der Waals surface area contributed by atoms with Gasteiger partial charge in [0.1, 0.15) is 6.54 Å². The Morgan fingerprint density at radius 1 is 1.42 bits per heavy atom. The lowest BCUT2D eigenvalue weighted by molar-refractivity contribution is -0.290. The average Bonchev–Trinajstić information content (AvgIpc) is 1.96. The highest BCUT2D eigenvalue weighted by Crippen LogP contribution is 1.88. The summed E-state index contributed by atoms with van der Waals surface area (Å²) in [6.45, 7) is 4.61. The van der Waals surface area contributed by atoms with E-state index in [-0.39, 0.29) is 18.6 Å². The van der Waals surface area contributed by atoms with Crippen LogP contribution in [0.3, 0.4) is 0 Å². The van der Waals surface area contributed by atoms with Crippen LogP contribution in [0.1, 0.15) is 20.8 Å². The molecule has 1 amide bonds. The minimum Gasteiger partial charge on any atom is -0.345 e. The zero-order chi connectivity index (χ0) is 9.56. The van der Waals surface area contributed by atoms with E-state index in [1.54, 1.807) is 13.8 Å². The first-order valence-electron chi connectivity index (χ1n) is 3.63. The van der Waals surface area contributed by atoms with Crippen molar-refractivity contribution in [3.05, 3.63) is 0 Å². The van der Waals surface area contributed by atoms with Crippen LogP contribution in [0.15, 0.2) is 0 Å². The zero-order valence-corrected chi connectivity index (χ0v) is 7.42. The molecule has 0 radical (unpaired) electrons. The van der Waals surface area contributed by atoms with Crippen molar-refractivity contribution in [1.82, 2.24) is 5.32 Å². The minimum absolute atomic E-state index is 0.165. The van der Waals surface area contributed by atoms with Crippen LogP contribution in [0.25, 0.3) is 0 Å². The van der Waals surface area contributed by atoms with Crippen LogP contribution >= 0.6 is 0 Å². The average molecular weight is 175 g/mol. The van der Waals surface area contributed by atoms with Gasteiger partial charge in [-0.15, -0.1) is 0 Å². The molecule has 0 aliphatic heterocycles. The van der Waals surface area contributed by atoms with Crippen LogP contribution in [-0.2, 0) is 19.4 Å². The highest BCUT2D eigenvalue weighted by atomic mass is 17.2. The molecule has 1 N–H and O–H groups in total. The van der Waals surface area contributed by atoms with Gasteiger partial charge >= 0.3 is 5.97 Å². The van der Waals surface area contributed by atoms with Crippen molar-refractivity contribution in [3.8, 4) is 0 Å². The second-order valence-electron chi connectivity index (χ2n) is 2.51. The summed E-state index contributed by atoms with van der Waals surface area (Å²) < 4.78 is 0. The fourth-order valence-corrected chi connectivity index (χ4v) is 0.376. The molecule has 0 aromatic rings. The number of hydrogen-bond acceptors (Lipinski definition) is 4. The van der Waals surface area contributed by atoms with E-state index in [0.717, 1.165) is 0 Å². The van der Waals surface area contributed by atoms with Crippen LogP contribution in [0.2, 0.25) is 0 Å². The Hall–Kier alpha value is -1.10. The molecule has 0 rings (SSSR count). The molecule has 0 unspecified atom stereocenters. The third-order valence-corrected chi connectivity index (χ3v) is 0.815. The Labute approximate surface area is 71.0 Å². The van der Waals surface area contributed by atoms with Gasteiger partial charge < -0.3 is 5.32 Å². The van der Waals surface area contributed by atoms with Crippen molar-refractivity contribution < 1.29 is 19.4 Å². The van der Waals surface area contributed by atoms with Crippen molar-refractivity contribution in [3.63, 3.8) is 0 Å². The normalized spacial score (nSPS) is 9.67. The molecule has 0 aromatic carbocycles. The van der Waals surface area contributed by atoms with Gasteiger partial charge in [0.05, 0.1) is 6.10 Å². The summed E-state index contributed by atoms with van der Waals surface area (Å²) in [5.41, 5.74) is 0. The maximum absolute atomic E-state index is 10.7. The van der Waals surface area contributed by atoms with Crippen molar-refractivity contribution in [2.24, 2.45) is 0 Å². The second-order valence-corrected chi connectivity index (χ2v) is 2.51. The van der Waals surface area contributed by atoms with E-state index in [4.69, 9.17) is 0 Å². The van der Waals surface area contributed by atoms with E-state index < -0.39 is 5.97 Å². The first-order valence-corrected chi connectivity index (χ1v) is 3.63. The molecule has 0 saturated heterocycles. The molecule has 0 aromatic heterocycles. The van der Waals surface area contributed by atoms with Crippen LogP contribution in [0, 0.1) is 0 Å². The van der Waals surface area contributed by atoms with Gasteiger partial charge in [0.2, 0.25) is 5.91 Å². The lowest BCUT2D eigenvalue weighted by Crippen LogP contribution is -2.29. The monoisotopic (exact) mass is 175 g/mol. The molecule has 0 atom stereocenters. The maximum atomic E-state index is 10.7. The predicted molar refractivity (Wildman–Crippen MR) is 41.0 cm³/mol. The Kier molecular flexibility index (Phi) is 5.03. The summed E-state index contributed by atoms with van der Waals surface area (Å²) >= 11 is 0. The zero-order valence-electron chi connectivity index (χ0n) is 7.42. The first kappa shape index (κ1) is 10.9. The molecule has 5 nitrogen and oxygen atoms in total. The van der Waals surface area contributed by atoms with E-state index >= 15 is 0 Å². The third-order valence-electron chi connectivity index (χ3n) is 0.815. The van der Waals surface area contributed by atoms with Gasteiger partial charge in [-0.2, -0.15) is 4.89 Å². The van der Waals surface area contributed by atoms with Crippen molar-refractivity contribution in [1.29, 1.82) is 0 Å². The molecule has 0 heterocycles. The number of hydrogen-bond donors (Lipinski definition) is 1. The molecule has 0 aliphatic carbocycles. The Morgan fingerprint density at radius 3 is 2.42 bits per heavy atom. The van der Waals surface area contributed by atoms with E-state index in [0.29, 0.717) is 0 Å². The third kappa shape index (κ3) is 7.01. The van der Waals surface area contributed by atoms with Crippen LogP contribution in [0.4, 0.5) is 0 Å². The Morgan fingerprint density at radius 2 is 2.00 bits per heavy atom. The predicted octanol–water partition coefficient (Wildman–Crippen LogP) is 0.00570. The molecule has 0 bridgehead atoms. The van der Waals surface area contributed by atoms with Crippen molar-refractivity contribution in [2.45, 2.75) is 26.9 Å².